The van der Waals surface area contributed by atoms with Crippen LogP contribution in [0.25, 0.3) is 10.8 Å². The van der Waals surface area contributed by atoms with Gasteiger partial charge in [0.2, 0.25) is 0 Å². The maximum absolute atomic E-state index is 14.1. The van der Waals surface area contributed by atoms with E-state index in [1.165, 1.54) is 0 Å². The van der Waals surface area contributed by atoms with Gasteiger partial charge < -0.3 is 37.9 Å². The summed E-state index contributed by atoms with van der Waals surface area (Å²) in [6.07, 6.45) is 1.43. The first-order valence-corrected chi connectivity index (χ1v) is 17.8. The summed E-state index contributed by atoms with van der Waals surface area (Å²) in [5.74, 6) is 1.10. The van der Waals surface area contributed by atoms with Gasteiger partial charge in [-0.05, 0) is 58.7 Å². The number of esters is 2. The van der Waals surface area contributed by atoms with Gasteiger partial charge in [0, 0.05) is 37.5 Å². The Balaban J connectivity index is 1.03. The predicted molar refractivity (Wildman–Crippen MR) is 201 cm³/mol. The van der Waals surface area contributed by atoms with Gasteiger partial charge in [0.1, 0.15) is 60.6 Å². The van der Waals surface area contributed by atoms with Crippen molar-refractivity contribution in [3.05, 3.63) is 144 Å². The summed E-state index contributed by atoms with van der Waals surface area (Å²) in [4.78, 5) is 25.3. The lowest BCUT2D eigenvalue weighted by Crippen LogP contribution is -2.58. The number of hydrogen-bond donors (Lipinski definition) is 0. The minimum Gasteiger partial charge on any atom is -0.491 e. The van der Waals surface area contributed by atoms with Gasteiger partial charge in [-0.25, -0.2) is 4.79 Å². The van der Waals surface area contributed by atoms with Gasteiger partial charge in [0.15, 0.2) is 0 Å². The molecule has 5 aromatic rings. The van der Waals surface area contributed by atoms with Gasteiger partial charge in [0.25, 0.3) is 0 Å². The van der Waals surface area contributed by atoms with E-state index < -0.39 is 29.1 Å². The molecule has 0 saturated heterocycles. The van der Waals surface area contributed by atoms with Crippen LogP contribution < -0.4 is 14.2 Å². The normalized spacial score (nSPS) is 19.3. The second-order valence-electron chi connectivity index (χ2n) is 12.9. The summed E-state index contributed by atoms with van der Waals surface area (Å²) >= 11 is 0. The standard InChI is InChI=1S/C44H42O10/c1-4-41(45)52-25-23-49-22-24-50-39-20-21-40(33-15-9-8-14-32(33)39)51-26-27-53-42(46)38-29-43(47-2)34-16-10-11-17-35(34)44(38,48-3)36-19-18-31(28-37(36)43)54-30-12-6-5-7-13-30/h4-21,28,38H,1,22-27,29H2,2-3H3. The van der Waals surface area contributed by atoms with Crippen molar-refractivity contribution in [2.45, 2.75) is 17.6 Å². The quantitative estimate of drug-likeness (QED) is 0.0543. The molecule has 0 radical (unpaired) electrons. The zero-order chi connectivity index (χ0) is 37.5. The van der Waals surface area contributed by atoms with E-state index in [2.05, 4.69) is 6.58 Å². The number of methoxy groups -OCH3 is 2. The first-order valence-electron chi connectivity index (χ1n) is 17.8. The molecule has 3 atom stereocenters. The predicted octanol–water partition coefficient (Wildman–Crippen LogP) is 7.49. The molecule has 0 aromatic heterocycles. The van der Waals surface area contributed by atoms with Crippen molar-refractivity contribution < 1.29 is 47.5 Å². The maximum atomic E-state index is 14.1. The highest BCUT2D eigenvalue weighted by Gasteiger charge is 2.64. The summed E-state index contributed by atoms with van der Waals surface area (Å²) in [7, 11) is 3.31. The number of rotatable bonds is 17. The van der Waals surface area contributed by atoms with Crippen molar-refractivity contribution in [2.75, 3.05) is 53.9 Å². The van der Waals surface area contributed by atoms with E-state index in [0.717, 1.165) is 44.9 Å². The van der Waals surface area contributed by atoms with Crippen LogP contribution >= 0.6 is 0 Å². The lowest BCUT2D eigenvalue weighted by Gasteiger charge is -2.56. The van der Waals surface area contributed by atoms with Gasteiger partial charge in [-0.2, -0.15) is 0 Å². The van der Waals surface area contributed by atoms with Gasteiger partial charge in [0.05, 0.1) is 19.1 Å². The number of benzene rings is 5. The molecule has 3 unspecified atom stereocenters. The van der Waals surface area contributed by atoms with E-state index in [-0.39, 0.29) is 26.4 Å². The molecule has 10 nitrogen and oxygen atoms in total. The number of hydrogen-bond acceptors (Lipinski definition) is 10. The third-order valence-electron chi connectivity index (χ3n) is 10.1. The lowest BCUT2D eigenvalue weighted by atomic mass is 9.54. The highest BCUT2D eigenvalue weighted by Crippen LogP contribution is 2.63. The Bertz CT molecular complexity index is 2130. The molecular formula is C44H42O10. The van der Waals surface area contributed by atoms with Gasteiger partial charge in [-0.3, -0.25) is 4.79 Å². The van der Waals surface area contributed by atoms with Crippen molar-refractivity contribution >= 4 is 22.7 Å². The number of fused-ring (bicyclic) bond motifs is 2. The summed E-state index contributed by atoms with van der Waals surface area (Å²) in [6, 6.07) is 34.9. The Morgan fingerprint density at radius 3 is 1.94 bits per heavy atom. The molecule has 0 spiro atoms. The molecule has 54 heavy (non-hydrogen) atoms. The van der Waals surface area contributed by atoms with E-state index >= 15 is 0 Å². The summed E-state index contributed by atoms with van der Waals surface area (Å²) in [6.45, 7) is 4.55. The molecule has 8 rings (SSSR count). The summed E-state index contributed by atoms with van der Waals surface area (Å²) in [5, 5.41) is 1.72. The minimum absolute atomic E-state index is 0.0273. The van der Waals surface area contributed by atoms with Crippen LogP contribution in [0.5, 0.6) is 23.0 Å². The van der Waals surface area contributed by atoms with Crippen LogP contribution in [-0.4, -0.2) is 65.8 Å². The molecule has 3 aliphatic rings. The van der Waals surface area contributed by atoms with Crippen LogP contribution in [0.1, 0.15) is 28.7 Å². The third-order valence-corrected chi connectivity index (χ3v) is 10.1. The van der Waals surface area contributed by atoms with Crippen LogP contribution in [-0.2, 0) is 44.5 Å². The molecule has 10 heteroatoms. The zero-order valence-electron chi connectivity index (χ0n) is 30.3. The molecule has 0 aliphatic heterocycles. The number of para-hydroxylation sites is 1. The first kappa shape index (κ1) is 36.7. The van der Waals surface area contributed by atoms with E-state index in [9.17, 15) is 9.59 Å². The average molecular weight is 731 g/mol. The van der Waals surface area contributed by atoms with Crippen molar-refractivity contribution in [3.63, 3.8) is 0 Å². The van der Waals surface area contributed by atoms with Crippen LogP contribution in [0.4, 0.5) is 0 Å². The Labute approximate surface area is 314 Å². The first-order chi connectivity index (χ1) is 26.4. The second kappa shape index (κ2) is 16.1. The topological polar surface area (TPSA) is 108 Å². The van der Waals surface area contributed by atoms with Crippen molar-refractivity contribution in [1.82, 2.24) is 0 Å². The molecule has 5 aromatic carbocycles. The highest BCUT2D eigenvalue weighted by atomic mass is 16.6. The number of carbonyl (C=O) groups excluding carboxylic acids is 2. The molecule has 3 aliphatic carbocycles. The summed E-state index contributed by atoms with van der Waals surface area (Å²) in [5.41, 5.74) is 1.51. The molecule has 0 saturated carbocycles. The average Bonchev–Trinajstić information content (AvgIpc) is 3.22. The Morgan fingerprint density at radius 2 is 1.26 bits per heavy atom. The van der Waals surface area contributed by atoms with E-state index in [4.69, 9.17) is 37.9 Å². The molecule has 0 fully saturated rings. The fraction of sp³-hybridized carbons (Fsp3) is 0.273. The van der Waals surface area contributed by atoms with E-state index in [0.29, 0.717) is 36.9 Å². The SMILES string of the molecule is C=CC(=O)OCCOCCOc1ccc(OCCOC(=O)C2CC3(OC)c4ccccc4C2(OC)c2ccc(Oc4ccccc4)cc23)c2ccccc12. The third kappa shape index (κ3) is 6.80. The Hall–Kier alpha value is -5.68. The van der Waals surface area contributed by atoms with Crippen LogP contribution in [0.2, 0.25) is 0 Å². The number of carbonyl (C=O) groups is 2. The minimum atomic E-state index is -1.11. The highest BCUT2D eigenvalue weighted by molar-refractivity contribution is 5.93. The zero-order valence-corrected chi connectivity index (χ0v) is 30.3. The maximum Gasteiger partial charge on any atom is 0.330 e. The van der Waals surface area contributed by atoms with Crippen LogP contribution in [0.15, 0.2) is 122 Å². The Kier molecular flexibility index (Phi) is 11.0. The van der Waals surface area contributed by atoms with Crippen LogP contribution in [0, 0.1) is 5.92 Å². The number of ether oxygens (including phenoxy) is 8. The van der Waals surface area contributed by atoms with Gasteiger partial charge in [-0.1, -0.05) is 79.4 Å². The second-order valence-corrected chi connectivity index (χ2v) is 12.9. The monoisotopic (exact) mass is 730 g/mol. The fourth-order valence-electron chi connectivity index (χ4n) is 7.72. The lowest BCUT2D eigenvalue weighted by molar-refractivity contribution is -0.173. The molecule has 0 heterocycles. The molecule has 0 N–H and O–H groups in total. The molecule has 0 amide bonds. The van der Waals surface area contributed by atoms with Gasteiger partial charge in [-0.15, -0.1) is 0 Å². The van der Waals surface area contributed by atoms with Crippen molar-refractivity contribution in [1.29, 1.82) is 0 Å². The Morgan fingerprint density at radius 1 is 0.648 bits per heavy atom. The molecule has 278 valence electrons. The summed E-state index contributed by atoms with van der Waals surface area (Å²) < 4.78 is 47.6. The van der Waals surface area contributed by atoms with E-state index in [1.54, 1.807) is 14.2 Å². The van der Waals surface area contributed by atoms with Crippen molar-refractivity contribution in [2.24, 2.45) is 5.92 Å². The van der Waals surface area contributed by atoms with Gasteiger partial charge >= 0.3 is 11.9 Å². The molecule has 2 bridgehead atoms. The van der Waals surface area contributed by atoms with Crippen LogP contribution in [0.3, 0.4) is 0 Å². The largest absolute Gasteiger partial charge is 0.491 e. The van der Waals surface area contributed by atoms with Crippen molar-refractivity contribution in [3.8, 4) is 23.0 Å². The smallest absolute Gasteiger partial charge is 0.330 e. The van der Waals surface area contributed by atoms with E-state index in [1.807, 2.05) is 109 Å². The molecular weight excluding hydrogens is 688 g/mol. The fourth-order valence-corrected chi connectivity index (χ4v) is 7.72.